The second-order valence-electron chi connectivity index (χ2n) is 3.94. The predicted octanol–water partition coefficient (Wildman–Crippen LogP) is 3.68. The molecule has 0 aliphatic rings. The molecule has 0 fully saturated rings. The molecule has 1 heterocycles. The van der Waals surface area contributed by atoms with Crippen molar-refractivity contribution < 1.29 is 4.39 Å². The van der Waals surface area contributed by atoms with Crippen molar-refractivity contribution in [2.75, 3.05) is 6.54 Å². The third-order valence-corrected chi connectivity index (χ3v) is 3.13. The molecule has 4 heteroatoms. The number of nitrogens with one attached hydrogen (secondary N) is 1. The molecule has 1 aromatic carbocycles. The molecule has 1 N–H and O–H groups in total. The Hall–Kier alpha value is -1.26. The Balaban J connectivity index is 2.33. The van der Waals surface area contributed by atoms with Gasteiger partial charge in [0.2, 0.25) is 0 Å². The lowest BCUT2D eigenvalue weighted by atomic mass is 10.0. The normalized spacial score (nSPS) is 12.4. The van der Waals surface area contributed by atoms with Gasteiger partial charge in [0.15, 0.2) is 0 Å². The predicted molar refractivity (Wildman–Crippen MR) is 73.9 cm³/mol. The summed E-state index contributed by atoms with van der Waals surface area (Å²) in [7, 11) is 0. The fourth-order valence-electron chi connectivity index (χ4n) is 1.81. The van der Waals surface area contributed by atoms with Crippen LogP contribution in [0.2, 0.25) is 0 Å². The lowest BCUT2D eigenvalue weighted by molar-refractivity contribution is 0.605. The quantitative estimate of drug-likeness (QED) is 0.932. The maximum absolute atomic E-state index is 12.9. The average molecular weight is 309 g/mol. The molecular formula is C14H14BrFN2. The van der Waals surface area contributed by atoms with E-state index in [1.54, 1.807) is 18.3 Å². The minimum atomic E-state index is -0.224. The molecule has 0 saturated heterocycles. The topological polar surface area (TPSA) is 24.9 Å². The van der Waals surface area contributed by atoms with Crippen molar-refractivity contribution in [3.63, 3.8) is 0 Å². The van der Waals surface area contributed by atoms with E-state index in [4.69, 9.17) is 0 Å². The molecule has 1 unspecified atom stereocenters. The van der Waals surface area contributed by atoms with Crippen molar-refractivity contribution in [1.29, 1.82) is 0 Å². The highest BCUT2D eigenvalue weighted by Crippen LogP contribution is 2.21. The van der Waals surface area contributed by atoms with Gasteiger partial charge in [0.25, 0.3) is 0 Å². The maximum Gasteiger partial charge on any atom is 0.123 e. The molecule has 0 spiro atoms. The van der Waals surface area contributed by atoms with Crippen LogP contribution in [0.25, 0.3) is 0 Å². The number of halogens is 2. The summed E-state index contributed by atoms with van der Waals surface area (Å²) in [6, 6.07) is 10.4. The van der Waals surface area contributed by atoms with Gasteiger partial charge in [-0.3, -0.25) is 4.98 Å². The summed E-state index contributed by atoms with van der Waals surface area (Å²) < 4.78 is 13.9. The van der Waals surface area contributed by atoms with E-state index >= 15 is 0 Å². The van der Waals surface area contributed by atoms with Gasteiger partial charge in [-0.1, -0.05) is 19.1 Å². The summed E-state index contributed by atoms with van der Waals surface area (Å²) in [5, 5.41) is 3.35. The lowest BCUT2D eigenvalue weighted by Gasteiger charge is -2.17. The van der Waals surface area contributed by atoms with Gasteiger partial charge in [-0.15, -0.1) is 0 Å². The van der Waals surface area contributed by atoms with E-state index in [-0.39, 0.29) is 11.9 Å². The summed E-state index contributed by atoms with van der Waals surface area (Å²) in [6.07, 6.45) is 1.77. The number of rotatable bonds is 4. The molecule has 18 heavy (non-hydrogen) atoms. The minimum absolute atomic E-state index is 0.0105. The van der Waals surface area contributed by atoms with Crippen molar-refractivity contribution >= 4 is 15.9 Å². The Morgan fingerprint density at radius 3 is 2.50 bits per heavy atom. The fourth-order valence-corrected chi connectivity index (χ4v) is 2.05. The van der Waals surface area contributed by atoms with E-state index in [0.717, 1.165) is 22.3 Å². The van der Waals surface area contributed by atoms with Gasteiger partial charge in [-0.2, -0.15) is 0 Å². The van der Waals surface area contributed by atoms with Crippen LogP contribution in [0.5, 0.6) is 0 Å². The Kier molecular flexibility index (Phi) is 4.44. The highest BCUT2D eigenvalue weighted by molar-refractivity contribution is 9.10. The molecule has 94 valence electrons. The Labute approximate surface area is 114 Å². The van der Waals surface area contributed by atoms with Crippen LogP contribution in [-0.4, -0.2) is 11.5 Å². The molecule has 2 nitrogen and oxygen atoms in total. The SMILES string of the molecule is CCNC(c1ccc(F)cc1)c1ccc(Br)cn1. The monoisotopic (exact) mass is 308 g/mol. The molecule has 1 aromatic heterocycles. The minimum Gasteiger partial charge on any atom is -0.305 e. The first kappa shape index (κ1) is 13.2. The molecule has 0 aliphatic carbocycles. The number of hydrogen-bond donors (Lipinski definition) is 1. The Bertz CT molecular complexity index is 451. The van der Waals surface area contributed by atoms with Crippen LogP contribution in [0.1, 0.15) is 24.2 Å². The maximum atomic E-state index is 12.9. The van der Waals surface area contributed by atoms with Crippen molar-refractivity contribution in [3.05, 3.63) is 64.1 Å². The van der Waals surface area contributed by atoms with Gasteiger partial charge in [0.05, 0.1) is 11.7 Å². The molecular weight excluding hydrogens is 295 g/mol. The van der Waals surface area contributed by atoms with Crippen molar-refractivity contribution in [2.45, 2.75) is 13.0 Å². The summed E-state index contributed by atoms with van der Waals surface area (Å²) in [5.41, 5.74) is 1.93. The van der Waals surface area contributed by atoms with Gasteiger partial charge in [0.1, 0.15) is 5.82 Å². The van der Waals surface area contributed by atoms with E-state index in [2.05, 4.69) is 26.2 Å². The zero-order valence-electron chi connectivity index (χ0n) is 10.0. The van der Waals surface area contributed by atoms with E-state index in [1.165, 1.54) is 12.1 Å². The molecule has 1 atom stereocenters. The zero-order valence-corrected chi connectivity index (χ0v) is 11.6. The van der Waals surface area contributed by atoms with Gasteiger partial charge in [-0.05, 0) is 52.3 Å². The first-order valence-corrected chi connectivity index (χ1v) is 6.60. The smallest absolute Gasteiger partial charge is 0.123 e. The average Bonchev–Trinajstić information content (AvgIpc) is 2.39. The molecule has 0 aliphatic heterocycles. The molecule has 0 radical (unpaired) electrons. The van der Waals surface area contributed by atoms with Gasteiger partial charge < -0.3 is 5.32 Å². The number of nitrogens with zero attached hydrogens (tertiary/aromatic N) is 1. The van der Waals surface area contributed by atoms with Crippen molar-refractivity contribution in [3.8, 4) is 0 Å². The van der Waals surface area contributed by atoms with E-state index in [9.17, 15) is 4.39 Å². The van der Waals surface area contributed by atoms with Crippen LogP contribution < -0.4 is 5.32 Å². The fraction of sp³-hybridized carbons (Fsp3) is 0.214. The number of aromatic nitrogens is 1. The second-order valence-corrected chi connectivity index (χ2v) is 4.86. The van der Waals surface area contributed by atoms with E-state index in [1.807, 2.05) is 19.1 Å². The molecule has 0 amide bonds. The van der Waals surface area contributed by atoms with Gasteiger partial charge in [-0.25, -0.2) is 4.39 Å². The first-order valence-electron chi connectivity index (χ1n) is 5.81. The highest BCUT2D eigenvalue weighted by atomic mass is 79.9. The Morgan fingerprint density at radius 1 is 1.22 bits per heavy atom. The summed E-state index contributed by atoms with van der Waals surface area (Å²) >= 11 is 3.37. The molecule has 0 bridgehead atoms. The zero-order chi connectivity index (χ0) is 13.0. The third-order valence-electron chi connectivity index (χ3n) is 2.66. The van der Waals surface area contributed by atoms with Crippen LogP contribution in [-0.2, 0) is 0 Å². The molecule has 2 rings (SSSR count). The van der Waals surface area contributed by atoms with Crippen molar-refractivity contribution in [1.82, 2.24) is 10.3 Å². The van der Waals surface area contributed by atoms with Crippen LogP contribution in [0.15, 0.2) is 47.1 Å². The lowest BCUT2D eigenvalue weighted by Crippen LogP contribution is -2.22. The Morgan fingerprint density at radius 2 is 1.94 bits per heavy atom. The number of hydrogen-bond acceptors (Lipinski definition) is 2. The summed E-state index contributed by atoms with van der Waals surface area (Å²) in [6.45, 7) is 2.86. The summed E-state index contributed by atoms with van der Waals surface area (Å²) in [5.74, 6) is -0.224. The first-order chi connectivity index (χ1) is 8.70. The third kappa shape index (κ3) is 3.15. The largest absolute Gasteiger partial charge is 0.305 e. The standard InChI is InChI=1S/C14H14BrFN2/c1-2-17-14(10-3-6-12(16)7-4-10)13-8-5-11(15)9-18-13/h3-9,14,17H,2H2,1H3. The number of benzene rings is 1. The van der Waals surface area contributed by atoms with Crippen LogP contribution in [0, 0.1) is 5.82 Å². The second kappa shape index (κ2) is 6.07. The summed E-state index contributed by atoms with van der Waals surface area (Å²) in [4.78, 5) is 4.39. The van der Waals surface area contributed by atoms with Crippen molar-refractivity contribution in [2.24, 2.45) is 0 Å². The van der Waals surface area contributed by atoms with Gasteiger partial charge in [0, 0.05) is 10.7 Å². The van der Waals surface area contributed by atoms with E-state index < -0.39 is 0 Å². The van der Waals surface area contributed by atoms with Gasteiger partial charge >= 0.3 is 0 Å². The molecule has 0 saturated carbocycles. The molecule has 2 aromatic rings. The van der Waals surface area contributed by atoms with Crippen LogP contribution in [0.3, 0.4) is 0 Å². The van der Waals surface area contributed by atoms with E-state index in [0.29, 0.717) is 0 Å². The number of pyridine rings is 1. The van der Waals surface area contributed by atoms with Crippen LogP contribution >= 0.6 is 15.9 Å². The highest BCUT2D eigenvalue weighted by Gasteiger charge is 2.14. The van der Waals surface area contributed by atoms with Crippen LogP contribution in [0.4, 0.5) is 4.39 Å².